The molecule has 0 saturated heterocycles. The summed E-state index contributed by atoms with van der Waals surface area (Å²) >= 11 is 0. The molecule has 0 heterocycles. The molecule has 0 spiro atoms. The zero-order valence-electron chi connectivity index (χ0n) is 12.0. The minimum Gasteiger partial charge on any atom is -0.497 e. The lowest BCUT2D eigenvalue weighted by Crippen LogP contribution is -2.04. The molecule has 1 nitrogen and oxygen atoms in total. The maximum Gasteiger partial charge on any atom is 0.118 e. The standard InChI is InChI=1S/C17H26O/c1-4-5-6-7-8-15-13-17(15,2)14-9-11-16(18-3)12-10-14/h9-12,15H,4-8,13H2,1-3H3/t15-,17+/m1/s1. The lowest BCUT2D eigenvalue weighted by molar-refractivity contribution is 0.414. The van der Waals surface area contributed by atoms with Gasteiger partial charge in [-0.15, -0.1) is 0 Å². The van der Waals surface area contributed by atoms with E-state index in [-0.39, 0.29) is 0 Å². The average molecular weight is 246 g/mol. The van der Waals surface area contributed by atoms with Crippen molar-refractivity contribution in [1.82, 2.24) is 0 Å². The average Bonchev–Trinajstić information content (AvgIpc) is 3.07. The molecule has 0 amide bonds. The van der Waals surface area contributed by atoms with Gasteiger partial charge in [0.05, 0.1) is 7.11 Å². The van der Waals surface area contributed by atoms with Crippen LogP contribution in [-0.2, 0) is 5.41 Å². The first-order chi connectivity index (χ1) is 8.70. The Kier molecular flexibility index (Phi) is 4.31. The van der Waals surface area contributed by atoms with E-state index >= 15 is 0 Å². The summed E-state index contributed by atoms with van der Waals surface area (Å²) in [5.41, 5.74) is 1.93. The van der Waals surface area contributed by atoms with Crippen LogP contribution in [0.1, 0.15) is 57.9 Å². The van der Waals surface area contributed by atoms with Gasteiger partial charge in [-0.2, -0.15) is 0 Å². The van der Waals surface area contributed by atoms with Gasteiger partial charge < -0.3 is 4.74 Å². The molecule has 2 atom stereocenters. The van der Waals surface area contributed by atoms with Crippen molar-refractivity contribution in [1.29, 1.82) is 0 Å². The highest BCUT2D eigenvalue weighted by molar-refractivity contribution is 5.36. The molecule has 1 aliphatic carbocycles. The molecule has 2 rings (SSSR count). The molecule has 0 radical (unpaired) electrons. The minimum absolute atomic E-state index is 0.443. The first kappa shape index (κ1) is 13.5. The summed E-state index contributed by atoms with van der Waals surface area (Å²) in [5.74, 6) is 1.87. The van der Waals surface area contributed by atoms with Gasteiger partial charge in [-0.1, -0.05) is 51.7 Å². The highest BCUT2D eigenvalue weighted by atomic mass is 16.5. The van der Waals surface area contributed by atoms with Gasteiger partial charge >= 0.3 is 0 Å². The normalized spacial score (nSPS) is 26.1. The van der Waals surface area contributed by atoms with E-state index in [0.717, 1.165) is 11.7 Å². The van der Waals surface area contributed by atoms with E-state index in [1.807, 2.05) is 0 Å². The summed E-state index contributed by atoms with van der Waals surface area (Å²) < 4.78 is 5.22. The van der Waals surface area contributed by atoms with Crippen molar-refractivity contribution in [2.45, 2.75) is 57.8 Å². The molecule has 0 N–H and O–H groups in total. The van der Waals surface area contributed by atoms with E-state index in [0.29, 0.717) is 5.41 Å². The second-order valence-electron chi connectivity index (χ2n) is 5.90. The molecule has 18 heavy (non-hydrogen) atoms. The number of unbranched alkanes of at least 4 members (excludes halogenated alkanes) is 3. The van der Waals surface area contributed by atoms with E-state index in [2.05, 4.69) is 38.1 Å². The Morgan fingerprint density at radius 3 is 2.50 bits per heavy atom. The predicted molar refractivity (Wildman–Crippen MR) is 77.2 cm³/mol. The van der Waals surface area contributed by atoms with Crippen LogP contribution in [0.15, 0.2) is 24.3 Å². The van der Waals surface area contributed by atoms with Gasteiger partial charge in [-0.05, 0) is 41.9 Å². The molecule has 1 fully saturated rings. The van der Waals surface area contributed by atoms with Crippen LogP contribution in [0.5, 0.6) is 5.75 Å². The van der Waals surface area contributed by atoms with Crippen molar-refractivity contribution in [2.75, 3.05) is 7.11 Å². The quantitative estimate of drug-likeness (QED) is 0.619. The first-order valence-corrected chi connectivity index (χ1v) is 7.35. The minimum atomic E-state index is 0.443. The van der Waals surface area contributed by atoms with Gasteiger partial charge in [0, 0.05) is 0 Å². The van der Waals surface area contributed by atoms with Crippen LogP contribution in [0.4, 0.5) is 0 Å². The van der Waals surface area contributed by atoms with Gasteiger partial charge in [0.25, 0.3) is 0 Å². The Labute approximate surface area is 112 Å². The molecule has 0 aliphatic heterocycles. The number of benzene rings is 1. The molecule has 100 valence electrons. The van der Waals surface area contributed by atoms with Crippen LogP contribution in [0.2, 0.25) is 0 Å². The van der Waals surface area contributed by atoms with E-state index in [1.165, 1.54) is 44.1 Å². The molecular formula is C17H26O. The van der Waals surface area contributed by atoms with E-state index in [9.17, 15) is 0 Å². The Morgan fingerprint density at radius 2 is 1.89 bits per heavy atom. The molecule has 0 unspecified atom stereocenters. The maximum atomic E-state index is 5.22. The summed E-state index contributed by atoms with van der Waals surface area (Å²) in [6.07, 6.45) is 8.32. The monoisotopic (exact) mass is 246 g/mol. The number of rotatable bonds is 7. The summed E-state index contributed by atoms with van der Waals surface area (Å²) in [4.78, 5) is 0. The third-order valence-corrected chi connectivity index (χ3v) is 4.57. The summed E-state index contributed by atoms with van der Waals surface area (Å²) in [6, 6.07) is 8.66. The highest BCUT2D eigenvalue weighted by Gasteiger charge is 2.50. The van der Waals surface area contributed by atoms with Crippen LogP contribution in [0, 0.1) is 5.92 Å². The van der Waals surface area contributed by atoms with E-state index in [1.54, 1.807) is 7.11 Å². The predicted octanol–water partition coefficient (Wildman–Crippen LogP) is 4.94. The summed E-state index contributed by atoms with van der Waals surface area (Å²) in [5, 5.41) is 0. The van der Waals surface area contributed by atoms with E-state index < -0.39 is 0 Å². The first-order valence-electron chi connectivity index (χ1n) is 7.35. The fourth-order valence-corrected chi connectivity index (χ4v) is 3.02. The topological polar surface area (TPSA) is 9.23 Å². The SMILES string of the molecule is CCCCCC[C@@H]1C[C@@]1(C)c1ccc(OC)cc1. The van der Waals surface area contributed by atoms with Gasteiger partial charge in [0.1, 0.15) is 5.75 Å². The number of hydrogen-bond donors (Lipinski definition) is 0. The van der Waals surface area contributed by atoms with Crippen LogP contribution in [0.25, 0.3) is 0 Å². The van der Waals surface area contributed by atoms with Crippen molar-refractivity contribution < 1.29 is 4.74 Å². The van der Waals surface area contributed by atoms with Gasteiger partial charge in [-0.3, -0.25) is 0 Å². The van der Waals surface area contributed by atoms with Crippen molar-refractivity contribution in [3.8, 4) is 5.75 Å². The fraction of sp³-hybridized carbons (Fsp3) is 0.647. The van der Waals surface area contributed by atoms with Crippen molar-refractivity contribution in [3.63, 3.8) is 0 Å². The van der Waals surface area contributed by atoms with Crippen molar-refractivity contribution in [2.24, 2.45) is 5.92 Å². The van der Waals surface area contributed by atoms with Crippen LogP contribution >= 0.6 is 0 Å². The second-order valence-corrected chi connectivity index (χ2v) is 5.90. The fourth-order valence-electron chi connectivity index (χ4n) is 3.02. The molecule has 1 aromatic rings. The van der Waals surface area contributed by atoms with Crippen LogP contribution in [0.3, 0.4) is 0 Å². The Balaban J connectivity index is 1.85. The molecule has 1 aromatic carbocycles. The van der Waals surface area contributed by atoms with Gasteiger partial charge in [0.2, 0.25) is 0 Å². The smallest absolute Gasteiger partial charge is 0.118 e. The highest BCUT2D eigenvalue weighted by Crippen LogP contribution is 2.56. The molecule has 0 aromatic heterocycles. The second kappa shape index (κ2) is 5.77. The Bertz CT molecular complexity index is 368. The summed E-state index contributed by atoms with van der Waals surface area (Å²) in [7, 11) is 1.73. The molecule has 1 aliphatic rings. The Hall–Kier alpha value is -0.980. The Morgan fingerprint density at radius 1 is 1.17 bits per heavy atom. The van der Waals surface area contributed by atoms with Gasteiger partial charge in [-0.25, -0.2) is 0 Å². The maximum absolute atomic E-state index is 5.22. The zero-order valence-corrected chi connectivity index (χ0v) is 12.0. The van der Waals surface area contributed by atoms with E-state index in [4.69, 9.17) is 4.74 Å². The molecule has 0 bridgehead atoms. The van der Waals surface area contributed by atoms with Crippen molar-refractivity contribution >= 4 is 0 Å². The lowest BCUT2D eigenvalue weighted by atomic mass is 9.93. The largest absolute Gasteiger partial charge is 0.497 e. The number of ether oxygens (including phenoxy) is 1. The molecular weight excluding hydrogens is 220 g/mol. The number of methoxy groups -OCH3 is 1. The van der Waals surface area contributed by atoms with Crippen LogP contribution in [-0.4, -0.2) is 7.11 Å². The zero-order chi connectivity index (χ0) is 13.0. The third-order valence-electron chi connectivity index (χ3n) is 4.57. The third kappa shape index (κ3) is 2.88. The molecule has 1 heteroatoms. The molecule has 1 saturated carbocycles. The van der Waals surface area contributed by atoms with Gasteiger partial charge in [0.15, 0.2) is 0 Å². The van der Waals surface area contributed by atoms with Crippen LogP contribution < -0.4 is 4.74 Å². The summed E-state index contributed by atoms with van der Waals surface area (Å²) in [6.45, 7) is 4.69. The van der Waals surface area contributed by atoms with Crippen molar-refractivity contribution in [3.05, 3.63) is 29.8 Å². The number of hydrogen-bond acceptors (Lipinski definition) is 1. The lowest BCUT2D eigenvalue weighted by Gasteiger charge is -2.12.